The van der Waals surface area contributed by atoms with Gasteiger partial charge in [-0.15, -0.1) is 24.0 Å². The fourth-order valence-electron chi connectivity index (χ4n) is 4.79. The van der Waals surface area contributed by atoms with E-state index in [9.17, 15) is 4.79 Å². The van der Waals surface area contributed by atoms with Gasteiger partial charge < -0.3 is 20.3 Å². The Balaban J connectivity index is 0.00000320. The molecule has 0 aromatic heterocycles. The summed E-state index contributed by atoms with van der Waals surface area (Å²) in [6, 6.07) is 0.280. The summed E-state index contributed by atoms with van der Waals surface area (Å²) in [4.78, 5) is 22.0. The lowest BCUT2D eigenvalue weighted by atomic mass is 10.1. The van der Waals surface area contributed by atoms with E-state index in [0.29, 0.717) is 18.4 Å². The molecule has 0 spiro atoms. The van der Waals surface area contributed by atoms with Gasteiger partial charge in [0.15, 0.2) is 5.96 Å². The number of amides is 1. The Bertz CT molecular complexity index is 554. The van der Waals surface area contributed by atoms with E-state index in [-0.39, 0.29) is 42.0 Å². The number of halogens is 1. The summed E-state index contributed by atoms with van der Waals surface area (Å²) in [5, 5.41) is 6.91. The van der Waals surface area contributed by atoms with Crippen molar-refractivity contribution in [2.45, 2.75) is 65.0 Å². The quantitative estimate of drug-likeness (QED) is 0.298. The average Bonchev–Trinajstić information content (AvgIpc) is 3.38. The molecule has 8 heteroatoms. The maximum absolute atomic E-state index is 12.7. The molecule has 3 aliphatic rings. The van der Waals surface area contributed by atoms with E-state index in [1.165, 1.54) is 12.8 Å². The third kappa shape index (κ3) is 7.82. The van der Waals surface area contributed by atoms with Crippen LogP contribution in [-0.4, -0.2) is 86.2 Å². The Morgan fingerprint density at radius 3 is 2.63 bits per heavy atom. The second-order valence-corrected chi connectivity index (χ2v) is 9.26. The van der Waals surface area contributed by atoms with Crippen LogP contribution in [0, 0.1) is 11.8 Å². The van der Waals surface area contributed by atoms with E-state index < -0.39 is 0 Å². The lowest BCUT2D eigenvalue weighted by Gasteiger charge is -2.33. The second-order valence-electron chi connectivity index (χ2n) is 9.26. The Labute approximate surface area is 199 Å². The van der Waals surface area contributed by atoms with E-state index in [1.807, 2.05) is 0 Å². The molecule has 174 valence electrons. The number of morpholine rings is 1. The maximum Gasteiger partial charge on any atom is 0.225 e. The molecular formula is C22H42IN5O2. The molecular weight excluding hydrogens is 493 g/mol. The van der Waals surface area contributed by atoms with Crippen molar-refractivity contribution in [3.63, 3.8) is 0 Å². The molecule has 0 bridgehead atoms. The average molecular weight is 536 g/mol. The lowest BCUT2D eigenvalue weighted by molar-refractivity contribution is -0.134. The number of nitrogens with one attached hydrogen (secondary N) is 2. The molecule has 2 saturated heterocycles. The largest absolute Gasteiger partial charge is 0.374 e. The van der Waals surface area contributed by atoms with Crippen molar-refractivity contribution in [2.24, 2.45) is 16.8 Å². The standard InChI is InChI=1S/C22H41N5O2.HI/c1-4-23-22(24-13-20-16-26(11-12-29-20)14-17(2)3)25-19-9-10-27(15-19)21(28)18-7-5-6-8-18;/h17-20H,4-16H2,1-3H3,(H2,23,24,25);1H. The molecule has 2 N–H and O–H groups in total. The molecule has 2 heterocycles. The molecule has 1 aliphatic carbocycles. The van der Waals surface area contributed by atoms with Crippen LogP contribution in [0.15, 0.2) is 4.99 Å². The molecule has 2 atom stereocenters. The van der Waals surface area contributed by atoms with Gasteiger partial charge in [-0.1, -0.05) is 26.7 Å². The first-order valence-corrected chi connectivity index (χ1v) is 11.7. The number of hydrogen-bond acceptors (Lipinski definition) is 4. The summed E-state index contributed by atoms with van der Waals surface area (Å²) in [7, 11) is 0. The summed E-state index contributed by atoms with van der Waals surface area (Å²) in [5.41, 5.74) is 0. The van der Waals surface area contributed by atoms with E-state index in [0.717, 1.165) is 71.1 Å². The molecule has 3 rings (SSSR count). The highest BCUT2D eigenvalue weighted by Gasteiger charge is 2.32. The Kier molecular flexibility index (Phi) is 11.2. The van der Waals surface area contributed by atoms with E-state index in [1.54, 1.807) is 0 Å². The van der Waals surface area contributed by atoms with Gasteiger partial charge in [0.2, 0.25) is 5.91 Å². The maximum atomic E-state index is 12.7. The molecule has 3 fully saturated rings. The van der Waals surface area contributed by atoms with Gasteiger partial charge in [0, 0.05) is 51.2 Å². The monoisotopic (exact) mass is 535 g/mol. The minimum atomic E-state index is 0. The number of rotatable bonds is 7. The second kappa shape index (κ2) is 13.1. The van der Waals surface area contributed by atoms with E-state index in [2.05, 4.69) is 41.2 Å². The molecule has 0 aromatic rings. The van der Waals surface area contributed by atoms with Crippen LogP contribution in [0.1, 0.15) is 52.9 Å². The number of aliphatic imine (C=N–C) groups is 1. The molecule has 0 aromatic carbocycles. The summed E-state index contributed by atoms with van der Waals surface area (Å²) in [5.74, 6) is 2.16. The zero-order valence-electron chi connectivity index (χ0n) is 19.1. The summed E-state index contributed by atoms with van der Waals surface area (Å²) >= 11 is 0. The van der Waals surface area contributed by atoms with Crippen LogP contribution in [0.2, 0.25) is 0 Å². The highest BCUT2D eigenvalue weighted by atomic mass is 127. The zero-order chi connectivity index (χ0) is 20.6. The zero-order valence-corrected chi connectivity index (χ0v) is 21.4. The van der Waals surface area contributed by atoms with Gasteiger partial charge in [-0.2, -0.15) is 0 Å². The van der Waals surface area contributed by atoms with Crippen molar-refractivity contribution in [1.82, 2.24) is 20.4 Å². The van der Waals surface area contributed by atoms with Crippen LogP contribution >= 0.6 is 24.0 Å². The predicted molar refractivity (Wildman–Crippen MR) is 132 cm³/mol. The van der Waals surface area contributed by atoms with Crippen molar-refractivity contribution in [3.8, 4) is 0 Å². The molecule has 7 nitrogen and oxygen atoms in total. The summed E-state index contributed by atoms with van der Waals surface area (Å²) in [6.07, 6.45) is 5.72. The number of nitrogens with zero attached hydrogens (tertiary/aromatic N) is 3. The minimum absolute atomic E-state index is 0. The third-order valence-corrected chi connectivity index (χ3v) is 6.19. The normalized spacial score (nSPS) is 26.1. The highest BCUT2D eigenvalue weighted by molar-refractivity contribution is 14.0. The Morgan fingerprint density at radius 2 is 1.93 bits per heavy atom. The van der Waals surface area contributed by atoms with Gasteiger partial charge in [0.05, 0.1) is 19.3 Å². The van der Waals surface area contributed by atoms with Crippen LogP contribution in [0.5, 0.6) is 0 Å². The fourth-order valence-corrected chi connectivity index (χ4v) is 4.79. The molecule has 1 amide bonds. The highest BCUT2D eigenvalue weighted by Crippen LogP contribution is 2.27. The topological polar surface area (TPSA) is 69.2 Å². The molecule has 1 saturated carbocycles. The fraction of sp³-hybridized carbons (Fsp3) is 0.909. The van der Waals surface area contributed by atoms with Crippen molar-refractivity contribution < 1.29 is 9.53 Å². The van der Waals surface area contributed by atoms with Crippen LogP contribution in [0.25, 0.3) is 0 Å². The number of ether oxygens (including phenoxy) is 1. The van der Waals surface area contributed by atoms with E-state index in [4.69, 9.17) is 9.73 Å². The van der Waals surface area contributed by atoms with Gasteiger partial charge in [-0.25, -0.2) is 0 Å². The van der Waals surface area contributed by atoms with Gasteiger partial charge in [0.1, 0.15) is 0 Å². The van der Waals surface area contributed by atoms with Crippen molar-refractivity contribution >= 4 is 35.8 Å². The number of hydrogen-bond donors (Lipinski definition) is 2. The summed E-state index contributed by atoms with van der Waals surface area (Å²) in [6.45, 7) is 13.6. The Morgan fingerprint density at radius 1 is 1.17 bits per heavy atom. The van der Waals surface area contributed by atoms with Crippen LogP contribution in [0.3, 0.4) is 0 Å². The first-order valence-electron chi connectivity index (χ1n) is 11.7. The third-order valence-electron chi connectivity index (χ3n) is 6.19. The first kappa shape index (κ1) is 25.6. The summed E-state index contributed by atoms with van der Waals surface area (Å²) < 4.78 is 5.94. The van der Waals surface area contributed by atoms with E-state index >= 15 is 0 Å². The predicted octanol–water partition coefficient (Wildman–Crippen LogP) is 2.31. The van der Waals surface area contributed by atoms with Gasteiger partial charge >= 0.3 is 0 Å². The van der Waals surface area contributed by atoms with Gasteiger partial charge in [-0.3, -0.25) is 14.7 Å². The van der Waals surface area contributed by atoms with Gasteiger partial charge in [0.25, 0.3) is 0 Å². The van der Waals surface area contributed by atoms with Crippen LogP contribution < -0.4 is 10.6 Å². The molecule has 2 aliphatic heterocycles. The first-order chi connectivity index (χ1) is 14.0. The van der Waals surface area contributed by atoms with Crippen molar-refractivity contribution in [2.75, 3.05) is 52.4 Å². The van der Waals surface area contributed by atoms with Crippen molar-refractivity contribution in [3.05, 3.63) is 0 Å². The Hall–Kier alpha value is -0.610. The number of carbonyl (C=O) groups is 1. The number of guanidine groups is 1. The molecule has 0 radical (unpaired) electrons. The van der Waals surface area contributed by atoms with Crippen LogP contribution in [0.4, 0.5) is 0 Å². The molecule has 30 heavy (non-hydrogen) atoms. The number of carbonyl (C=O) groups excluding carboxylic acids is 1. The number of likely N-dealkylation sites (tertiary alicyclic amines) is 1. The minimum Gasteiger partial charge on any atom is -0.374 e. The smallest absolute Gasteiger partial charge is 0.225 e. The SMILES string of the molecule is CCNC(=NCC1CN(CC(C)C)CCO1)NC1CCN(C(=O)C2CCCC2)C1.I. The van der Waals surface area contributed by atoms with Crippen molar-refractivity contribution in [1.29, 1.82) is 0 Å². The van der Waals surface area contributed by atoms with Crippen LogP contribution in [-0.2, 0) is 9.53 Å². The molecule has 2 unspecified atom stereocenters. The lowest BCUT2D eigenvalue weighted by Crippen LogP contribution is -2.47. The van der Waals surface area contributed by atoms with Gasteiger partial charge in [-0.05, 0) is 32.1 Å².